The highest BCUT2D eigenvalue weighted by Gasteiger charge is 2.51. The van der Waals surface area contributed by atoms with Crippen LogP contribution in [0.25, 0.3) is 0 Å². The average Bonchev–Trinajstić information content (AvgIpc) is 2.80. The Balaban J connectivity index is 1.83. The monoisotopic (exact) mass is 376 g/mol. The fourth-order valence-corrected chi connectivity index (χ4v) is 4.40. The lowest BCUT2D eigenvalue weighted by Crippen LogP contribution is -2.45. The van der Waals surface area contributed by atoms with Gasteiger partial charge in [-0.25, -0.2) is 0 Å². The van der Waals surface area contributed by atoms with Gasteiger partial charge in [0.05, 0.1) is 0 Å². The standard InChI is InChI=1S/C27H20O2/c28-26-27(21-14-6-2-7-15-21,22-16-8-3-9-17-22)24-19-11-10-18-23(24)25(29-26)20-12-4-1-5-13-20/h1-19,25H/t25-/m1/s1. The zero-order chi connectivity index (χ0) is 19.7. The van der Waals surface area contributed by atoms with Crippen LogP contribution in [0.2, 0.25) is 0 Å². The lowest BCUT2D eigenvalue weighted by molar-refractivity contribution is -0.153. The van der Waals surface area contributed by atoms with Gasteiger partial charge in [0.15, 0.2) is 6.10 Å². The van der Waals surface area contributed by atoms with Crippen LogP contribution in [0.1, 0.15) is 33.9 Å². The van der Waals surface area contributed by atoms with Crippen molar-refractivity contribution in [3.8, 4) is 0 Å². The van der Waals surface area contributed by atoms with E-state index < -0.39 is 11.5 Å². The molecular weight excluding hydrogens is 356 g/mol. The van der Waals surface area contributed by atoms with Crippen molar-refractivity contribution in [1.82, 2.24) is 0 Å². The molecule has 0 unspecified atom stereocenters. The molecule has 0 amide bonds. The number of hydrogen-bond acceptors (Lipinski definition) is 2. The molecule has 4 aromatic carbocycles. The third-order valence-corrected chi connectivity index (χ3v) is 5.69. The van der Waals surface area contributed by atoms with Crippen molar-refractivity contribution in [2.24, 2.45) is 0 Å². The molecule has 1 atom stereocenters. The van der Waals surface area contributed by atoms with Gasteiger partial charge in [0.25, 0.3) is 0 Å². The molecule has 0 bridgehead atoms. The second-order valence-electron chi connectivity index (χ2n) is 7.27. The molecule has 1 heterocycles. The normalized spacial score (nSPS) is 17.2. The third kappa shape index (κ3) is 2.68. The molecule has 140 valence electrons. The summed E-state index contributed by atoms with van der Waals surface area (Å²) in [5.41, 5.74) is 3.80. The van der Waals surface area contributed by atoms with Gasteiger partial charge in [0.2, 0.25) is 0 Å². The van der Waals surface area contributed by atoms with Crippen LogP contribution >= 0.6 is 0 Å². The van der Waals surface area contributed by atoms with Crippen molar-refractivity contribution < 1.29 is 9.53 Å². The van der Waals surface area contributed by atoms with Gasteiger partial charge >= 0.3 is 5.97 Å². The van der Waals surface area contributed by atoms with E-state index in [1.54, 1.807) is 0 Å². The van der Waals surface area contributed by atoms with Crippen molar-refractivity contribution in [2.75, 3.05) is 0 Å². The number of hydrogen-bond donors (Lipinski definition) is 0. The predicted octanol–water partition coefficient (Wildman–Crippen LogP) is 5.67. The lowest BCUT2D eigenvalue weighted by Gasteiger charge is -2.41. The van der Waals surface area contributed by atoms with Crippen LogP contribution in [0.15, 0.2) is 115 Å². The van der Waals surface area contributed by atoms with E-state index in [0.717, 1.165) is 27.8 Å². The van der Waals surface area contributed by atoms with Crippen LogP contribution in [0, 0.1) is 0 Å². The summed E-state index contributed by atoms with van der Waals surface area (Å²) < 4.78 is 6.18. The Morgan fingerprint density at radius 3 is 1.66 bits per heavy atom. The van der Waals surface area contributed by atoms with Crippen LogP contribution in [0.3, 0.4) is 0 Å². The van der Waals surface area contributed by atoms with Crippen molar-refractivity contribution in [1.29, 1.82) is 0 Å². The lowest BCUT2D eigenvalue weighted by atomic mass is 9.66. The fraction of sp³-hybridized carbons (Fsp3) is 0.0741. The molecule has 2 heteroatoms. The Hall–Kier alpha value is -3.65. The van der Waals surface area contributed by atoms with Gasteiger partial charge in [-0.2, -0.15) is 0 Å². The highest BCUT2D eigenvalue weighted by atomic mass is 16.5. The van der Waals surface area contributed by atoms with Gasteiger partial charge in [0.1, 0.15) is 5.41 Å². The largest absolute Gasteiger partial charge is 0.451 e. The minimum Gasteiger partial charge on any atom is -0.451 e. The number of benzene rings is 4. The Bertz CT molecular complexity index is 1100. The van der Waals surface area contributed by atoms with E-state index in [4.69, 9.17) is 4.74 Å². The maximum atomic E-state index is 13.8. The summed E-state index contributed by atoms with van der Waals surface area (Å²) in [6, 6.07) is 37.9. The molecule has 4 aromatic rings. The SMILES string of the molecule is O=C1O[C@H](c2ccccc2)c2ccccc2C1(c1ccccc1)c1ccccc1. The van der Waals surface area contributed by atoms with Crippen LogP contribution in [0.5, 0.6) is 0 Å². The van der Waals surface area contributed by atoms with Crippen molar-refractivity contribution in [2.45, 2.75) is 11.5 Å². The number of cyclic esters (lactones) is 1. The highest BCUT2D eigenvalue weighted by Crippen LogP contribution is 2.49. The molecule has 0 saturated carbocycles. The minimum atomic E-state index is -0.996. The summed E-state index contributed by atoms with van der Waals surface area (Å²) in [7, 11) is 0. The summed E-state index contributed by atoms with van der Waals surface area (Å²) >= 11 is 0. The molecule has 0 aromatic heterocycles. The van der Waals surface area contributed by atoms with E-state index in [-0.39, 0.29) is 5.97 Å². The van der Waals surface area contributed by atoms with E-state index in [1.807, 2.05) is 103 Å². The maximum Gasteiger partial charge on any atom is 0.326 e. The molecule has 1 aliphatic rings. The molecule has 0 spiro atoms. The Labute approximate surface area is 170 Å². The van der Waals surface area contributed by atoms with Gasteiger partial charge in [0, 0.05) is 5.56 Å². The van der Waals surface area contributed by atoms with E-state index >= 15 is 0 Å². The first-order valence-corrected chi connectivity index (χ1v) is 9.78. The second-order valence-corrected chi connectivity index (χ2v) is 7.27. The molecule has 5 rings (SSSR count). The fourth-order valence-electron chi connectivity index (χ4n) is 4.40. The van der Waals surface area contributed by atoms with Crippen LogP contribution in [-0.4, -0.2) is 5.97 Å². The summed E-state index contributed by atoms with van der Waals surface area (Å²) in [5.74, 6) is -0.248. The Kier molecular flexibility index (Phi) is 4.25. The second kappa shape index (κ2) is 7.06. The summed E-state index contributed by atoms with van der Waals surface area (Å²) in [5, 5.41) is 0. The number of ether oxygens (including phenoxy) is 1. The molecule has 0 fully saturated rings. The zero-order valence-electron chi connectivity index (χ0n) is 15.9. The van der Waals surface area contributed by atoms with Crippen LogP contribution in [-0.2, 0) is 14.9 Å². The number of carbonyl (C=O) groups excluding carboxylic acids is 1. The highest BCUT2D eigenvalue weighted by molar-refractivity contribution is 5.94. The Morgan fingerprint density at radius 1 is 0.586 bits per heavy atom. The molecule has 0 N–H and O–H groups in total. The van der Waals surface area contributed by atoms with Crippen molar-refractivity contribution in [3.05, 3.63) is 143 Å². The van der Waals surface area contributed by atoms with E-state index in [0.29, 0.717) is 0 Å². The van der Waals surface area contributed by atoms with Crippen LogP contribution in [0.4, 0.5) is 0 Å². The van der Waals surface area contributed by atoms with Crippen molar-refractivity contribution in [3.63, 3.8) is 0 Å². The topological polar surface area (TPSA) is 26.3 Å². The average molecular weight is 376 g/mol. The first-order chi connectivity index (χ1) is 14.3. The quantitative estimate of drug-likeness (QED) is 0.431. The van der Waals surface area contributed by atoms with Gasteiger partial charge in [-0.3, -0.25) is 4.79 Å². The Morgan fingerprint density at radius 2 is 1.07 bits per heavy atom. The molecule has 2 nitrogen and oxygen atoms in total. The molecular formula is C27H20O2. The molecule has 29 heavy (non-hydrogen) atoms. The minimum absolute atomic E-state index is 0.248. The molecule has 0 aliphatic carbocycles. The number of carbonyl (C=O) groups is 1. The summed E-state index contributed by atoms with van der Waals surface area (Å²) in [6.07, 6.45) is -0.416. The van der Waals surface area contributed by atoms with Gasteiger partial charge in [-0.1, -0.05) is 115 Å². The maximum absolute atomic E-state index is 13.8. The number of fused-ring (bicyclic) bond motifs is 1. The number of esters is 1. The zero-order valence-corrected chi connectivity index (χ0v) is 15.9. The first-order valence-electron chi connectivity index (χ1n) is 9.78. The van der Waals surface area contributed by atoms with E-state index in [9.17, 15) is 4.79 Å². The molecule has 1 aliphatic heterocycles. The first kappa shape index (κ1) is 17.4. The molecule has 0 radical (unpaired) electrons. The predicted molar refractivity (Wildman–Crippen MR) is 114 cm³/mol. The third-order valence-electron chi connectivity index (χ3n) is 5.69. The van der Waals surface area contributed by atoms with Gasteiger partial charge in [-0.15, -0.1) is 0 Å². The summed E-state index contributed by atoms with van der Waals surface area (Å²) in [4.78, 5) is 13.8. The summed E-state index contributed by atoms with van der Waals surface area (Å²) in [6.45, 7) is 0. The molecule has 0 saturated heterocycles. The number of rotatable bonds is 3. The van der Waals surface area contributed by atoms with Gasteiger partial charge in [-0.05, 0) is 22.3 Å². The van der Waals surface area contributed by atoms with Crippen LogP contribution < -0.4 is 0 Å². The van der Waals surface area contributed by atoms with Crippen molar-refractivity contribution >= 4 is 5.97 Å². The van der Waals surface area contributed by atoms with Gasteiger partial charge < -0.3 is 4.74 Å². The van der Waals surface area contributed by atoms with E-state index in [1.165, 1.54) is 0 Å². The van der Waals surface area contributed by atoms with E-state index in [2.05, 4.69) is 12.1 Å². The smallest absolute Gasteiger partial charge is 0.326 e.